The highest BCUT2D eigenvalue weighted by Crippen LogP contribution is 2.26. The van der Waals surface area contributed by atoms with Crippen molar-refractivity contribution in [2.75, 3.05) is 31.1 Å². The van der Waals surface area contributed by atoms with Crippen molar-refractivity contribution in [3.63, 3.8) is 0 Å². The van der Waals surface area contributed by atoms with Crippen LogP contribution in [-0.4, -0.2) is 62.3 Å². The number of benzene rings is 1. The van der Waals surface area contributed by atoms with Gasteiger partial charge in [-0.25, -0.2) is 4.99 Å². The first kappa shape index (κ1) is 26.0. The van der Waals surface area contributed by atoms with Gasteiger partial charge in [-0.05, 0) is 48.8 Å². The molecule has 2 aliphatic rings. The Hall–Kier alpha value is -4.62. The van der Waals surface area contributed by atoms with Gasteiger partial charge in [-0.3, -0.25) is 9.69 Å². The molecule has 198 valence electrons. The molecule has 39 heavy (non-hydrogen) atoms. The first-order chi connectivity index (χ1) is 19.0. The highest BCUT2D eigenvalue weighted by atomic mass is 16.1. The Morgan fingerprint density at radius 1 is 1.21 bits per heavy atom. The number of hydrogen-bond donors (Lipinski definition) is 1. The molecule has 4 heterocycles. The minimum absolute atomic E-state index is 0.0684. The Balaban J connectivity index is 1.44. The first-order valence-electron chi connectivity index (χ1n) is 13.1. The van der Waals surface area contributed by atoms with Gasteiger partial charge in [-0.1, -0.05) is 31.7 Å². The van der Waals surface area contributed by atoms with E-state index in [1.54, 1.807) is 10.7 Å². The molecule has 2 saturated heterocycles. The number of rotatable bonds is 7. The molecule has 3 aromatic rings. The molecule has 0 aliphatic carbocycles. The van der Waals surface area contributed by atoms with Gasteiger partial charge in [0.25, 0.3) is 5.95 Å². The van der Waals surface area contributed by atoms with E-state index in [9.17, 15) is 4.79 Å². The molecule has 1 aromatic carbocycles. The standard InChI is InChI=1S/C29H31N9O/c1-4-6-25(5-2)33-29-35-28(34-27-24(18-31-38(27)29)15-23-16-26(39)32-20(23)3)37-13-11-36(12-14-37)19-22-9-7-21(17-30)8-10-22/h4,6-10,15,18H,3,5,11-14,16,19H2,1-2H3,(H,32,39)/b6-4-,23-15+,33-25?. The molecule has 0 spiro atoms. The van der Waals surface area contributed by atoms with E-state index in [4.69, 9.17) is 20.2 Å². The summed E-state index contributed by atoms with van der Waals surface area (Å²) in [6.45, 7) is 12.1. The lowest BCUT2D eigenvalue weighted by Crippen LogP contribution is -2.46. The van der Waals surface area contributed by atoms with Gasteiger partial charge in [0.15, 0.2) is 5.65 Å². The molecule has 10 heteroatoms. The Labute approximate surface area is 227 Å². The number of carbonyl (C=O) groups excluding carboxylic acids is 1. The molecular weight excluding hydrogens is 490 g/mol. The van der Waals surface area contributed by atoms with Gasteiger partial charge in [0.05, 0.1) is 24.3 Å². The molecule has 0 unspecified atom stereocenters. The van der Waals surface area contributed by atoms with E-state index >= 15 is 0 Å². The molecule has 0 bridgehead atoms. The summed E-state index contributed by atoms with van der Waals surface area (Å²) in [5.41, 5.74) is 5.59. The summed E-state index contributed by atoms with van der Waals surface area (Å²) >= 11 is 0. The van der Waals surface area contributed by atoms with Crippen molar-refractivity contribution in [3.05, 3.63) is 77.2 Å². The monoisotopic (exact) mass is 521 g/mol. The number of nitriles is 1. The van der Waals surface area contributed by atoms with Gasteiger partial charge in [0, 0.05) is 49.7 Å². The molecule has 5 rings (SSSR count). The van der Waals surface area contributed by atoms with Crippen LogP contribution >= 0.6 is 0 Å². The van der Waals surface area contributed by atoms with Crippen LogP contribution in [0.25, 0.3) is 11.7 Å². The van der Waals surface area contributed by atoms with Crippen LogP contribution in [0.1, 0.15) is 43.4 Å². The van der Waals surface area contributed by atoms with Gasteiger partial charge >= 0.3 is 0 Å². The molecule has 1 N–H and O–H groups in total. The summed E-state index contributed by atoms with van der Waals surface area (Å²) in [5, 5.41) is 16.3. The van der Waals surface area contributed by atoms with Crippen LogP contribution in [0.15, 0.2) is 65.5 Å². The smallest absolute Gasteiger partial charge is 0.256 e. The van der Waals surface area contributed by atoms with Crippen molar-refractivity contribution in [2.24, 2.45) is 4.99 Å². The number of amides is 1. The molecule has 1 amide bonds. The summed E-state index contributed by atoms with van der Waals surface area (Å²) in [7, 11) is 0. The first-order valence-corrected chi connectivity index (χ1v) is 13.1. The predicted molar refractivity (Wildman–Crippen MR) is 152 cm³/mol. The van der Waals surface area contributed by atoms with Crippen LogP contribution in [0.2, 0.25) is 0 Å². The maximum absolute atomic E-state index is 11.9. The Bertz CT molecular complexity index is 1530. The number of hydrogen-bond acceptors (Lipinski definition) is 8. The molecular formula is C29H31N9O. The lowest BCUT2D eigenvalue weighted by Gasteiger charge is -2.34. The van der Waals surface area contributed by atoms with Gasteiger partial charge in [-0.2, -0.15) is 24.8 Å². The van der Waals surface area contributed by atoms with Crippen LogP contribution in [-0.2, 0) is 11.3 Å². The maximum atomic E-state index is 11.9. The van der Waals surface area contributed by atoms with Crippen molar-refractivity contribution >= 4 is 35.2 Å². The molecule has 2 fully saturated rings. The summed E-state index contributed by atoms with van der Waals surface area (Å²) in [4.78, 5) is 31.0. The largest absolute Gasteiger partial charge is 0.338 e. The number of nitrogens with one attached hydrogen (secondary N) is 1. The topological polar surface area (TPSA) is 115 Å². The number of fused-ring (bicyclic) bond motifs is 1. The normalized spacial score (nSPS) is 17.9. The van der Waals surface area contributed by atoms with Crippen molar-refractivity contribution in [3.8, 4) is 6.07 Å². The minimum atomic E-state index is -0.0684. The second-order valence-electron chi connectivity index (χ2n) is 9.56. The third-order valence-electron chi connectivity index (χ3n) is 6.83. The van der Waals surface area contributed by atoms with Crippen LogP contribution < -0.4 is 10.2 Å². The Morgan fingerprint density at radius 3 is 2.62 bits per heavy atom. The number of nitrogens with zero attached hydrogens (tertiary/aromatic N) is 8. The van der Waals surface area contributed by atoms with Gasteiger partial charge in [-0.15, -0.1) is 0 Å². The molecule has 2 aliphatic heterocycles. The van der Waals surface area contributed by atoms with Crippen LogP contribution in [0, 0.1) is 11.3 Å². The highest BCUT2D eigenvalue weighted by molar-refractivity contribution is 5.96. The van der Waals surface area contributed by atoms with E-state index in [2.05, 4.69) is 39.8 Å². The fourth-order valence-corrected chi connectivity index (χ4v) is 4.69. The number of piperazine rings is 1. The van der Waals surface area contributed by atoms with Gasteiger partial charge in [0.1, 0.15) is 0 Å². The molecule has 0 atom stereocenters. The molecule has 0 radical (unpaired) electrons. The Morgan fingerprint density at radius 2 is 1.97 bits per heavy atom. The molecule has 2 aromatic heterocycles. The summed E-state index contributed by atoms with van der Waals surface area (Å²) in [6.07, 6.45) is 8.61. The van der Waals surface area contributed by atoms with E-state index in [0.29, 0.717) is 28.8 Å². The van der Waals surface area contributed by atoms with Crippen molar-refractivity contribution < 1.29 is 4.79 Å². The van der Waals surface area contributed by atoms with E-state index in [1.165, 1.54) is 5.56 Å². The third-order valence-corrected chi connectivity index (χ3v) is 6.83. The minimum Gasteiger partial charge on any atom is -0.338 e. The van der Waals surface area contributed by atoms with E-state index in [1.807, 2.05) is 49.4 Å². The van der Waals surface area contributed by atoms with Crippen molar-refractivity contribution in [1.82, 2.24) is 29.8 Å². The lowest BCUT2D eigenvalue weighted by atomic mass is 10.1. The van der Waals surface area contributed by atoms with Crippen LogP contribution in [0.5, 0.6) is 0 Å². The van der Waals surface area contributed by atoms with Gasteiger partial charge in [0.2, 0.25) is 11.9 Å². The Kier molecular flexibility index (Phi) is 7.61. The number of aliphatic imine (C=N–C) groups is 1. The van der Waals surface area contributed by atoms with Crippen LogP contribution in [0.3, 0.4) is 0 Å². The molecule has 0 saturated carbocycles. The number of carbonyl (C=O) groups is 1. The number of anilines is 1. The zero-order valence-corrected chi connectivity index (χ0v) is 22.3. The van der Waals surface area contributed by atoms with E-state index < -0.39 is 0 Å². The summed E-state index contributed by atoms with van der Waals surface area (Å²) in [5.74, 6) is 1.00. The number of aromatic nitrogens is 4. The predicted octanol–water partition coefficient (Wildman–Crippen LogP) is 3.79. The average molecular weight is 522 g/mol. The SMILES string of the molecule is C=C1NC(=O)C/C1=C\c1cnn2c(N=C(/C=C\C)CC)nc(N3CCN(Cc4ccc(C#N)cc4)CC3)nc12. The lowest BCUT2D eigenvalue weighted by molar-refractivity contribution is -0.118. The summed E-state index contributed by atoms with van der Waals surface area (Å²) in [6, 6.07) is 9.92. The third kappa shape index (κ3) is 5.78. The second-order valence-corrected chi connectivity index (χ2v) is 9.56. The summed E-state index contributed by atoms with van der Waals surface area (Å²) < 4.78 is 1.66. The fourth-order valence-electron chi connectivity index (χ4n) is 4.69. The zero-order valence-electron chi connectivity index (χ0n) is 22.3. The van der Waals surface area contributed by atoms with Gasteiger partial charge < -0.3 is 10.2 Å². The van der Waals surface area contributed by atoms with E-state index in [0.717, 1.165) is 56.0 Å². The fraction of sp³-hybridized carbons (Fsp3) is 0.310. The second kappa shape index (κ2) is 11.4. The molecule has 10 nitrogen and oxygen atoms in total. The van der Waals surface area contributed by atoms with E-state index in [-0.39, 0.29) is 12.3 Å². The average Bonchev–Trinajstić information content (AvgIpc) is 3.50. The zero-order chi connectivity index (χ0) is 27.4. The highest BCUT2D eigenvalue weighted by Gasteiger charge is 2.23. The quantitative estimate of drug-likeness (QED) is 0.471. The van der Waals surface area contributed by atoms with Crippen molar-refractivity contribution in [1.29, 1.82) is 5.26 Å². The number of allylic oxidation sites excluding steroid dienone is 3. The van der Waals surface area contributed by atoms with Crippen molar-refractivity contribution in [2.45, 2.75) is 33.2 Å². The van der Waals surface area contributed by atoms with Crippen LogP contribution in [0.4, 0.5) is 11.9 Å². The maximum Gasteiger partial charge on any atom is 0.256 e.